The van der Waals surface area contributed by atoms with E-state index < -0.39 is 0 Å². The Labute approximate surface area is 108 Å². The molecule has 0 unspecified atom stereocenters. The first-order chi connectivity index (χ1) is 7.66. The van der Waals surface area contributed by atoms with Gasteiger partial charge in [0.2, 0.25) is 0 Å². The van der Waals surface area contributed by atoms with Crippen molar-refractivity contribution in [3.8, 4) is 0 Å². The average Bonchev–Trinajstić information content (AvgIpc) is 2.75. The van der Waals surface area contributed by atoms with Crippen LogP contribution in [0.15, 0.2) is 33.2 Å². The minimum atomic E-state index is 0.973. The highest BCUT2D eigenvalue weighted by molar-refractivity contribution is 8.06. The van der Waals surface area contributed by atoms with Gasteiger partial charge < -0.3 is 4.90 Å². The first-order valence-corrected chi connectivity index (χ1v) is 6.85. The van der Waals surface area contributed by atoms with Gasteiger partial charge in [0.25, 0.3) is 0 Å². The Bertz CT molecular complexity index is 356. The van der Waals surface area contributed by atoms with E-state index in [1.54, 1.807) is 0 Å². The molecule has 85 valence electrons. The molecule has 0 aromatic heterocycles. The molecule has 0 aromatic carbocycles. The van der Waals surface area contributed by atoms with Crippen LogP contribution in [0.5, 0.6) is 0 Å². The Morgan fingerprint density at radius 2 is 2.38 bits per heavy atom. The fraction of sp³-hybridized carbons (Fsp3) is 0.500. The molecule has 2 rings (SSSR count). The molecule has 1 heterocycles. The SMILES string of the molecule is C=C(SC1=C(C)C=C(Cl)CC1)N1C[B]CC1. The van der Waals surface area contributed by atoms with E-state index in [4.69, 9.17) is 11.6 Å². The van der Waals surface area contributed by atoms with Crippen molar-refractivity contribution in [1.82, 2.24) is 4.90 Å². The van der Waals surface area contributed by atoms with Crippen LogP contribution in [0.2, 0.25) is 6.32 Å². The lowest BCUT2D eigenvalue weighted by molar-refractivity contribution is 0.477. The number of hydrogen-bond donors (Lipinski definition) is 0. The van der Waals surface area contributed by atoms with E-state index in [-0.39, 0.29) is 0 Å². The molecule has 2 aliphatic rings. The van der Waals surface area contributed by atoms with E-state index in [9.17, 15) is 0 Å². The van der Waals surface area contributed by atoms with Crippen molar-refractivity contribution < 1.29 is 0 Å². The van der Waals surface area contributed by atoms with Crippen LogP contribution in [0.25, 0.3) is 0 Å². The zero-order valence-electron chi connectivity index (χ0n) is 9.63. The van der Waals surface area contributed by atoms with Crippen molar-refractivity contribution in [2.75, 3.05) is 13.0 Å². The van der Waals surface area contributed by atoms with E-state index in [0.29, 0.717) is 0 Å². The van der Waals surface area contributed by atoms with E-state index in [1.165, 1.54) is 21.8 Å². The third kappa shape index (κ3) is 2.89. The van der Waals surface area contributed by atoms with Gasteiger partial charge in [-0.1, -0.05) is 36.3 Å². The molecule has 0 aromatic rings. The van der Waals surface area contributed by atoms with Crippen molar-refractivity contribution in [2.45, 2.75) is 26.1 Å². The summed E-state index contributed by atoms with van der Waals surface area (Å²) in [6.45, 7) is 7.42. The number of nitrogens with zero attached hydrogens (tertiary/aromatic N) is 1. The van der Waals surface area contributed by atoms with Gasteiger partial charge in [0, 0.05) is 11.6 Å². The number of halogens is 1. The Hall–Kier alpha value is -0.275. The van der Waals surface area contributed by atoms with E-state index >= 15 is 0 Å². The summed E-state index contributed by atoms with van der Waals surface area (Å²) in [6.07, 6.45) is 6.35. The molecular formula is C12H16BClNS. The second kappa shape index (κ2) is 5.37. The maximum Gasteiger partial charge on any atom is 0.138 e. The standard InChI is InChI=1S/C12H16BClNS/c1-9-7-11(14)3-4-12(9)16-10(2)15-6-5-13-8-15/h7H,2-6,8H2,1H3. The van der Waals surface area contributed by atoms with Crippen LogP contribution in [0.1, 0.15) is 19.8 Å². The molecule has 1 saturated heterocycles. The van der Waals surface area contributed by atoms with E-state index in [0.717, 1.165) is 30.9 Å². The normalized spacial score (nSPS) is 20.9. The summed E-state index contributed by atoms with van der Waals surface area (Å²) in [5, 5.41) is 2.15. The Morgan fingerprint density at radius 3 is 3.00 bits per heavy atom. The Balaban J connectivity index is 1.99. The van der Waals surface area contributed by atoms with Crippen LogP contribution in [0.3, 0.4) is 0 Å². The summed E-state index contributed by atoms with van der Waals surface area (Å²) < 4.78 is 0. The number of allylic oxidation sites excluding steroid dienone is 4. The van der Waals surface area contributed by atoms with Crippen LogP contribution in [-0.2, 0) is 0 Å². The molecule has 0 spiro atoms. The fourth-order valence-corrected chi connectivity index (χ4v) is 3.23. The van der Waals surface area contributed by atoms with Gasteiger partial charge in [-0.05, 0) is 42.8 Å². The fourth-order valence-electron chi connectivity index (χ4n) is 1.97. The van der Waals surface area contributed by atoms with Crippen molar-refractivity contribution >= 4 is 30.6 Å². The highest BCUT2D eigenvalue weighted by Crippen LogP contribution is 2.37. The zero-order valence-corrected chi connectivity index (χ0v) is 11.2. The molecule has 0 atom stereocenters. The predicted molar refractivity (Wildman–Crippen MR) is 74.7 cm³/mol. The first kappa shape index (κ1) is 12.2. The molecular weight excluding hydrogens is 236 g/mol. The van der Waals surface area contributed by atoms with Gasteiger partial charge in [-0.3, -0.25) is 0 Å². The minimum Gasteiger partial charge on any atom is -0.376 e. The van der Waals surface area contributed by atoms with Crippen LogP contribution in [0.4, 0.5) is 0 Å². The quantitative estimate of drug-likeness (QED) is 0.703. The molecule has 1 radical (unpaired) electrons. The Kier molecular flexibility index (Phi) is 4.09. The molecule has 4 heteroatoms. The molecule has 1 aliphatic heterocycles. The third-order valence-electron chi connectivity index (χ3n) is 2.95. The molecule has 0 N–H and O–H groups in total. The van der Waals surface area contributed by atoms with Crippen molar-refractivity contribution in [3.63, 3.8) is 0 Å². The third-order valence-corrected chi connectivity index (χ3v) is 4.51. The van der Waals surface area contributed by atoms with Crippen LogP contribution >= 0.6 is 23.4 Å². The maximum absolute atomic E-state index is 6.02. The van der Waals surface area contributed by atoms with Gasteiger partial charge >= 0.3 is 0 Å². The van der Waals surface area contributed by atoms with E-state index in [1.807, 2.05) is 11.8 Å². The highest BCUT2D eigenvalue weighted by Gasteiger charge is 2.17. The molecule has 1 nitrogen and oxygen atoms in total. The lowest BCUT2D eigenvalue weighted by Gasteiger charge is -2.23. The summed E-state index contributed by atoms with van der Waals surface area (Å²) in [7, 11) is 2.31. The van der Waals surface area contributed by atoms with Gasteiger partial charge in [-0.15, -0.1) is 0 Å². The predicted octanol–water partition coefficient (Wildman–Crippen LogP) is 3.78. The lowest BCUT2D eigenvalue weighted by atomic mass is 9.79. The minimum absolute atomic E-state index is 0.973. The van der Waals surface area contributed by atoms with Crippen LogP contribution in [-0.4, -0.2) is 25.2 Å². The maximum atomic E-state index is 6.02. The molecule has 0 saturated carbocycles. The van der Waals surface area contributed by atoms with Gasteiger partial charge in [0.15, 0.2) is 0 Å². The molecule has 1 fully saturated rings. The smallest absolute Gasteiger partial charge is 0.138 e. The van der Waals surface area contributed by atoms with Crippen molar-refractivity contribution in [2.24, 2.45) is 0 Å². The van der Waals surface area contributed by atoms with Crippen LogP contribution < -0.4 is 0 Å². The van der Waals surface area contributed by atoms with Gasteiger partial charge in [0.1, 0.15) is 7.28 Å². The summed E-state index contributed by atoms with van der Waals surface area (Å²) in [6, 6.07) is 0. The summed E-state index contributed by atoms with van der Waals surface area (Å²) in [4.78, 5) is 3.76. The second-order valence-electron chi connectivity index (χ2n) is 4.22. The van der Waals surface area contributed by atoms with Gasteiger partial charge in [-0.2, -0.15) is 0 Å². The van der Waals surface area contributed by atoms with Gasteiger partial charge in [0.05, 0.1) is 5.03 Å². The van der Waals surface area contributed by atoms with Crippen LogP contribution in [0, 0.1) is 0 Å². The largest absolute Gasteiger partial charge is 0.376 e. The summed E-state index contributed by atoms with van der Waals surface area (Å²) in [5.41, 5.74) is 1.30. The summed E-state index contributed by atoms with van der Waals surface area (Å²) >= 11 is 7.84. The number of thioether (sulfide) groups is 1. The molecule has 1 aliphatic carbocycles. The first-order valence-electron chi connectivity index (χ1n) is 5.66. The zero-order chi connectivity index (χ0) is 11.5. The summed E-state index contributed by atoms with van der Waals surface area (Å²) in [5.74, 6) is 0. The Morgan fingerprint density at radius 1 is 1.56 bits per heavy atom. The average molecular weight is 253 g/mol. The number of hydrogen-bond acceptors (Lipinski definition) is 2. The van der Waals surface area contributed by atoms with Crippen molar-refractivity contribution in [3.05, 3.63) is 33.2 Å². The monoisotopic (exact) mass is 252 g/mol. The molecule has 0 bridgehead atoms. The number of rotatable bonds is 3. The molecule has 0 amide bonds. The topological polar surface area (TPSA) is 3.24 Å². The lowest BCUT2D eigenvalue weighted by Crippen LogP contribution is -2.17. The van der Waals surface area contributed by atoms with Gasteiger partial charge in [-0.25, -0.2) is 0 Å². The second-order valence-corrected chi connectivity index (χ2v) is 5.87. The molecule has 16 heavy (non-hydrogen) atoms. The van der Waals surface area contributed by atoms with Crippen molar-refractivity contribution in [1.29, 1.82) is 0 Å². The highest BCUT2D eigenvalue weighted by atomic mass is 35.5. The van der Waals surface area contributed by atoms with E-state index in [2.05, 4.69) is 31.8 Å².